The second-order valence-corrected chi connectivity index (χ2v) is 16.3. The van der Waals surface area contributed by atoms with E-state index in [9.17, 15) is 10.2 Å². The highest BCUT2D eigenvalue weighted by Crippen LogP contribution is 2.67. The van der Waals surface area contributed by atoms with Crippen LogP contribution in [0.2, 0.25) is 0 Å². The third-order valence-corrected chi connectivity index (χ3v) is 13.5. The monoisotopic (exact) mass is 624 g/mol. The molecule has 0 bridgehead atoms. The second-order valence-electron chi connectivity index (χ2n) is 16.3. The molecule has 3 aromatic carbocycles. The van der Waals surface area contributed by atoms with Gasteiger partial charge < -0.3 is 19.7 Å². The van der Waals surface area contributed by atoms with Gasteiger partial charge in [0.2, 0.25) is 0 Å². The summed E-state index contributed by atoms with van der Waals surface area (Å²) in [7, 11) is 0. The first kappa shape index (κ1) is 31.9. The van der Waals surface area contributed by atoms with E-state index in [1.807, 2.05) is 42.5 Å². The number of hydrogen-bond donors (Lipinski definition) is 2. The van der Waals surface area contributed by atoms with Crippen LogP contribution >= 0.6 is 0 Å². The lowest BCUT2D eigenvalue weighted by atomic mass is 9.47. The lowest BCUT2D eigenvalue weighted by molar-refractivity contribution is -0.0604. The Labute approximate surface area is 276 Å². The standard InChI is InChI=1S/C42H56O4/c1-27(2)9-5-6-10-28-14-18-37-35-16-13-29-25-31(19-21-42(29,4)38(35)20-22-41(28,37)3)46-24-23-45-30-15-17-34-36(26-30)40(44)33-12-8-7-11-32(33)39(34)43/h7-8,11-13,15,17,26-28,31,35,37-38,43-44H,5-6,9-10,14,16,18-25H2,1-4H3. The highest BCUT2D eigenvalue weighted by atomic mass is 16.5. The van der Waals surface area contributed by atoms with E-state index in [-0.39, 0.29) is 17.6 Å². The normalized spacial score (nSPS) is 32.3. The molecule has 4 nitrogen and oxygen atoms in total. The molecule has 4 aliphatic rings. The van der Waals surface area contributed by atoms with Crippen LogP contribution in [-0.2, 0) is 4.74 Å². The number of hydrogen-bond acceptors (Lipinski definition) is 4. The van der Waals surface area contributed by atoms with Gasteiger partial charge in [0.25, 0.3) is 0 Å². The summed E-state index contributed by atoms with van der Waals surface area (Å²) in [6, 6.07) is 12.9. The minimum atomic E-state index is 0.172. The predicted molar refractivity (Wildman–Crippen MR) is 189 cm³/mol. The van der Waals surface area contributed by atoms with Gasteiger partial charge in [0.05, 0.1) is 12.7 Å². The molecule has 7 atom stereocenters. The first-order chi connectivity index (χ1) is 22.2. The van der Waals surface area contributed by atoms with Crippen molar-refractivity contribution in [2.45, 2.75) is 111 Å². The number of unbranched alkanes of at least 4 members (excludes halogenated alkanes) is 1. The maximum Gasteiger partial charge on any atom is 0.131 e. The molecule has 4 aliphatic carbocycles. The van der Waals surface area contributed by atoms with Crippen molar-refractivity contribution in [3.05, 3.63) is 54.1 Å². The van der Waals surface area contributed by atoms with Crippen LogP contribution < -0.4 is 4.74 Å². The highest BCUT2D eigenvalue weighted by molar-refractivity contribution is 6.10. The highest BCUT2D eigenvalue weighted by Gasteiger charge is 2.58. The Hall–Kier alpha value is -2.72. The fourth-order valence-electron chi connectivity index (χ4n) is 10.9. The molecule has 3 saturated carbocycles. The van der Waals surface area contributed by atoms with Crippen LogP contribution in [0.25, 0.3) is 21.5 Å². The quantitative estimate of drug-likeness (QED) is 0.102. The lowest BCUT2D eigenvalue weighted by Crippen LogP contribution is -2.50. The molecule has 0 aromatic heterocycles. The van der Waals surface area contributed by atoms with Crippen molar-refractivity contribution in [3.63, 3.8) is 0 Å². The zero-order valence-electron chi connectivity index (χ0n) is 28.7. The van der Waals surface area contributed by atoms with E-state index in [1.54, 1.807) is 5.57 Å². The molecule has 0 radical (unpaired) electrons. The maximum absolute atomic E-state index is 10.9. The van der Waals surface area contributed by atoms with E-state index >= 15 is 0 Å². The Morgan fingerprint density at radius 3 is 2.37 bits per heavy atom. The van der Waals surface area contributed by atoms with Crippen LogP contribution in [0.1, 0.15) is 105 Å². The van der Waals surface area contributed by atoms with Gasteiger partial charge in [-0.15, -0.1) is 0 Å². The summed E-state index contributed by atoms with van der Waals surface area (Å²) < 4.78 is 12.5. The van der Waals surface area contributed by atoms with Gasteiger partial charge in [0.15, 0.2) is 0 Å². The Bertz CT molecular complexity index is 1590. The molecule has 7 rings (SSSR count). The summed E-state index contributed by atoms with van der Waals surface area (Å²) in [6.07, 6.45) is 19.1. The maximum atomic E-state index is 10.9. The largest absolute Gasteiger partial charge is 0.507 e. The minimum Gasteiger partial charge on any atom is -0.507 e. The van der Waals surface area contributed by atoms with E-state index in [4.69, 9.17) is 9.47 Å². The van der Waals surface area contributed by atoms with Gasteiger partial charge in [-0.3, -0.25) is 0 Å². The van der Waals surface area contributed by atoms with Crippen molar-refractivity contribution in [2.75, 3.05) is 13.2 Å². The molecular formula is C42H56O4. The fraction of sp³-hybridized carbons (Fsp3) is 0.619. The average Bonchev–Trinajstić information content (AvgIpc) is 3.40. The average molecular weight is 625 g/mol. The third kappa shape index (κ3) is 5.61. The van der Waals surface area contributed by atoms with Crippen molar-refractivity contribution in [2.24, 2.45) is 40.4 Å². The fourth-order valence-corrected chi connectivity index (χ4v) is 10.9. The van der Waals surface area contributed by atoms with Gasteiger partial charge in [-0.05, 0) is 116 Å². The number of ether oxygens (including phenoxy) is 2. The van der Waals surface area contributed by atoms with Crippen molar-refractivity contribution >= 4 is 21.5 Å². The molecular weight excluding hydrogens is 568 g/mol. The second kappa shape index (κ2) is 12.7. The van der Waals surface area contributed by atoms with E-state index in [2.05, 4.69) is 33.8 Å². The first-order valence-corrected chi connectivity index (χ1v) is 18.5. The van der Waals surface area contributed by atoms with Gasteiger partial charge in [0, 0.05) is 21.5 Å². The molecule has 7 unspecified atom stereocenters. The summed E-state index contributed by atoms with van der Waals surface area (Å²) in [6.45, 7) is 11.0. The van der Waals surface area contributed by atoms with Gasteiger partial charge >= 0.3 is 0 Å². The van der Waals surface area contributed by atoms with Gasteiger partial charge in [0.1, 0.15) is 23.9 Å². The van der Waals surface area contributed by atoms with E-state index in [0.29, 0.717) is 51.3 Å². The molecule has 0 amide bonds. The molecule has 4 heteroatoms. The van der Waals surface area contributed by atoms with Crippen LogP contribution in [0.5, 0.6) is 17.2 Å². The first-order valence-electron chi connectivity index (χ1n) is 18.5. The van der Waals surface area contributed by atoms with Crippen molar-refractivity contribution < 1.29 is 19.7 Å². The van der Waals surface area contributed by atoms with Crippen LogP contribution in [-0.4, -0.2) is 29.5 Å². The summed E-state index contributed by atoms with van der Waals surface area (Å²) in [5.74, 6) is 5.46. The molecule has 3 aromatic rings. The molecule has 3 fully saturated rings. The molecule has 0 saturated heterocycles. The third-order valence-electron chi connectivity index (χ3n) is 13.5. The Balaban J connectivity index is 0.938. The summed E-state index contributed by atoms with van der Waals surface area (Å²) in [4.78, 5) is 0. The number of aromatic hydroxyl groups is 2. The Kier molecular flexibility index (Phi) is 8.80. The number of fused-ring (bicyclic) bond motifs is 7. The molecule has 0 aliphatic heterocycles. The minimum absolute atomic E-state index is 0.172. The number of benzene rings is 3. The number of rotatable bonds is 10. The zero-order valence-corrected chi connectivity index (χ0v) is 28.7. The predicted octanol–water partition coefficient (Wildman–Crippen LogP) is 11.0. The van der Waals surface area contributed by atoms with Crippen LogP contribution in [0.4, 0.5) is 0 Å². The van der Waals surface area contributed by atoms with E-state index in [1.165, 1.54) is 64.2 Å². The van der Waals surface area contributed by atoms with Crippen molar-refractivity contribution in [3.8, 4) is 17.2 Å². The molecule has 248 valence electrons. The molecule has 0 spiro atoms. The smallest absolute Gasteiger partial charge is 0.131 e. The summed E-state index contributed by atoms with van der Waals surface area (Å²) in [5, 5.41) is 24.2. The van der Waals surface area contributed by atoms with E-state index in [0.717, 1.165) is 42.4 Å². The van der Waals surface area contributed by atoms with Crippen LogP contribution in [0.15, 0.2) is 54.1 Å². The Morgan fingerprint density at radius 2 is 1.59 bits per heavy atom. The molecule has 2 N–H and O–H groups in total. The van der Waals surface area contributed by atoms with Crippen LogP contribution in [0.3, 0.4) is 0 Å². The van der Waals surface area contributed by atoms with E-state index < -0.39 is 0 Å². The topological polar surface area (TPSA) is 58.9 Å². The zero-order chi connectivity index (χ0) is 32.1. The number of phenolic OH excluding ortho intramolecular Hbond substituents is 2. The summed E-state index contributed by atoms with van der Waals surface area (Å²) in [5.41, 5.74) is 2.59. The van der Waals surface area contributed by atoms with Gasteiger partial charge in [-0.1, -0.05) is 82.9 Å². The van der Waals surface area contributed by atoms with Gasteiger partial charge in [-0.2, -0.15) is 0 Å². The Morgan fingerprint density at radius 1 is 0.826 bits per heavy atom. The summed E-state index contributed by atoms with van der Waals surface area (Å²) >= 11 is 0. The lowest BCUT2D eigenvalue weighted by Gasteiger charge is -2.58. The SMILES string of the molecule is CC(C)CCCCC1CCC2C3CC=C4CC(OCCOc5ccc6c(O)c7ccccc7c(O)c6c5)CCC4(C)C3CCC12C. The number of allylic oxidation sites excluding steroid dienone is 1. The van der Waals surface area contributed by atoms with Crippen LogP contribution in [0, 0.1) is 40.4 Å². The van der Waals surface area contributed by atoms with Crippen molar-refractivity contribution in [1.29, 1.82) is 0 Å². The van der Waals surface area contributed by atoms with Crippen molar-refractivity contribution in [1.82, 2.24) is 0 Å². The molecule has 46 heavy (non-hydrogen) atoms. The number of phenols is 2. The van der Waals surface area contributed by atoms with Gasteiger partial charge in [-0.25, -0.2) is 0 Å². The molecule has 0 heterocycles.